The van der Waals surface area contributed by atoms with Gasteiger partial charge in [0.1, 0.15) is 0 Å². The van der Waals surface area contributed by atoms with Gasteiger partial charge in [-0.15, -0.1) is 0 Å². The molecule has 18 heavy (non-hydrogen) atoms. The second-order valence-electron chi connectivity index (χ2n) is 6.72. The molecule has 0 bridgehead atoms. The first-order chi connectivity index (χ1) is 8.70. The monoisotopic (exact) mass is 252 g/mol. The molecule has 0 unspecified atom stereocenters. The molecular weight excluding hydrogens is 220 g/mol. The number of hydrogen-bond acceptors (Lipinski definition) is 2. The third kappa shape index (κ3) is 3.71. The summed E-state index contributed by atoms with van der Waals surface area (Å²) in [6, 6.07) is 2.19. The number of nitrogens with zero attached hydrogens (tertiary/aromatic N) is 1. The minimum Gasteiger partial charge on any atom is -0.328 e. The van der Waals surface area contributed by atoms with Gasteiger partial charge in [0.15, 0.2) is 0 Å². The first-order valence-corrected chi connectivity index (χ1v) is 8.22. The van der Waals surface area contributed by atoms with E-state index in [2.05, 4.69) is 18.7 Å². The van der Waals surface area contributed by atoms with E-state index >= 15 is 0 Å². The third-order valence-electron chi connectivity index (χ3n) is 5.15. The summed E-state index contributed by atoms with van der Waals surface area (Å²) in [4.78, 5) is 2.86. The fourth-order valence-electron chi connectivity index (χ4n) is 3.93. The third-order valence-corrected chi connectivity index (χ3v) is 5.15. The normalized spacial score (nSPS) is 38.0. The Hall–Kier alpha value is -0.0800. The maximum Gasteiger partial charge on any atom is 0.00993 e. The highest BCUT2D eigenvalue weighted by Gasteiger charge is 2.30. The number of hydrogen-bond donors (Lipinski definition) is 1. The molecular formula is C16H32N2. The van der Waals surface area contributed by atoms with Crippen LogP contribution in [0, 0.1) is 5.92 Å². The van der Waals surface area contributed by atoms with E-state index in [1.165, 1.54) is 64.3 Å². The van der Waals surface area contributed by atoms with Crippen LogP contribution >= 0.6 is 0 Å². The molecule has 2 aliphatic carbocycles. The molecule has 0 atom stereocenters. The van der Waals surface area contributed by atoms with E-state index in [4.69, 9.17) is 5.73 Å². The SMILES string of the molecule is CCCN(C1CCC(C)CC1)C1CCC(N)CC1. The van der Waals surface area contributed by atoms with Crippen molar-refractivity contribution in [1.29, 1.82) is 0 Å². The topological polar surface area (TPSA) is 29.3 Å². The van der Waals surface area contributed by atoms with Gasteiger partial charge in [-0.25, -0.2) is 0 Å². The summed E-state index contributed by atoms with van der Waals surface area (Å²) in [5.41, 5.74) is 6.05. The molecule has 2 fully saturated rings. The lowest BCUT2D eigenvalue weighted by Gasteiger charge is -2.43. The second kappa shape index (κ2) is 6.91. The number of rotatable bonds is 4. The van der Waals surface area contributed by atoms with Crippen LogP contribution in [0.3, 0.4) is 0 Å². The molecule has 0 aliphatic heterocycles. The molecule has 2 heteroatoms. The lowest BCUT2D eigenvalue weighted by Crippen LogP contribution is -2.47. The van der Waals surface area contributed by atoms with Crippen LogP contribution in [-0.4, -0.2) is 29.6 Å². The van der Waals surface area contributed by atoms with E-state index in [1.807, 2.05) is 0 Å². The summed E-state index contributed by atoms with van der Waals surface area (Å²) in [5, 5.41) is 0. The van der Waals surface area contributed by atoms with E-state index in [-0.39, 0.29) is 0 Å². The van der Waals surface area contributed by atoms with Crippen LogP contribution in [-0.2, 0) is 0 Å². The summed E-state index contributed by atoms with van der Waals surface area (Å²) in [5.74, 6) is 0.963. The zero-order chi connectivity index (χ0) is 13.0. The van der Waals surface area contributed by atoms with Gasteiger partial charge in [-0.1, -0.05) is 13.8 Å². The zero-order valence-corrected chi connectivity index (χ0v) is 12.4. The van der Waals surface area contributed by atoms with Crippen LogP contribution in [0.1, 0.15) is 71.6 Å². The summed E-state index contributed by atoms with van der Waals surface area (Å²) >= 11 is 0. The number of nitrogens with two attached hydrogens (primary N) is 1. The first-order valence-electron chi connectivity index (χ1n) is 8.22. The van der Waals surface area contributed by atoms with Crippen molar-refractivity contribution in [3.05, 3.63) is 0 Å². The smallest absolute Gasteiger partial charge is 0.00993 e. The average molecular weight is 252 g/mol. The molecule has 2 saturated carbocycles. The van der Waals surface area contributed by atoms with Gasteiger partial charge in [0.25, 0.3) is 0 Å². The highest BCUT2D eigenvalue weighted by atomic mass is 15.2. The van der Waals surface area contributed by atoms with Gasteiger partial charge < -0.3 is 5.73 Å². The Bertz CT molecular complexity index is 203. The van der Waals surface area contributed by atoms with Crippen molar-refractivity contribution in [3.8, 4) is 0 Å². The van der Waals surface area contributed by atoms with Crippen molar-refractivity contribution in [1.82, 2.24) is 4.90 Å². The van der Waals surface area contributed by atoms with Crippen LogP contribution in [0.2, 0.25) is 0 Å². The zero-order valence-electron chi connectivity index (χ0n) is 12.4. The minimum atomic E-state index is 0.483. The molecule has 2 N–H and O–H groups in total. The Kier molecular flexibility index (Phi) is 5.50. The van der Waals surface area contributed by atoms with Crippen LogP contribution in [0.25, 0.3) is 0 Å². The van der Waals surface area contributed by atoms with Crippen LogP contribution in [0.15, 0.2) is 0 Å². The second-order valence-corrected chi connectivity index (χ2v) is 6.72. The maximum absolute atomic E-state index is 6.05. The molecule has 0 aromatic carbocycles. The van der Waals surface area contributed by atoms with Crippen molar-refractivity contribution >= 4 is 0 Å². The molecule has 0 aromatic heterocycles. The van der Waals surface area contributed by atoms with Gasteiger partial charge in [-0.2, -0.15) is 0 Å². The molecule has 2 rings (SSSR count). The van der Waals surface area contributed by atoms with E-state index in [0.29, 0.717) is 6.04 Å². The summed E-state index contributed by atoms with van der Waals surface area (Å²) in [7, 11) is 0. The fourth-order valence-corrected chi connectivity index (χ4v) is 3.93. The molecule has 0 heterocycles. The highest BCUT2D eigenvalue weighted by Crippen LogP contribution is 2.32. The lowest BCUT2D eigenvalue weighted by molar-refractivity contribution is 0.0695. The van der Waals surface area contributed by atoms with Crippen molar-refractivity contribution in [2.75, 3.05) is 6.54 Å². The molecule has 106 valence electrons. The van der Waals surface area contributed by atoms with Gasteiger partial charge in [-0.3, -0.25) is 4.90 Å². The van der Waals surface area contributed by atoms with Crippen molar-refractivity contribution in [2.24, 2.45) is 11.7 Å². The molecule has 0 aromatic rings. The lowest BCUT2D eigenvalue weighted by atomic mass is 9.83. The summed E-state index contributed by atoms with van der Waals surface area (Å²) in [6.45, 7) is 6.05. The Morgan fingerprint density at radius 1 is 0.889 bits per heavy atom. The molecule has 0 radical (unpaired) electrons. The Morgan fingerprint density at radius 3 is 1.89 bits per heavy atom. The van der Waals surface area contributed by atoms with Gasteiger partial charge >= 0.3 is 0 Å². The fraction of sp³-hybridized carbons (Fsp3) is 1.00. The highest BCUT2D eigenvalue weighted by molar-refractivity contribution is 4.87. The summed E-state index contributed by atoms with van der Waals surface area (Å²) in [6.07, 6.45) is 12.2. The van der Waals surface area contributed by atoms with Gasteiger partial charge in [0.05, 0.1) is 0 Å². The molecule has 0 amide bonds. The quantitative estimate of drug-likeness (QED) is 0.829. The van der Waals surface area contributed by atoms with E-state index in [9.17, 15) is 0 Å². The molecule has 0 saturated heterocycles. The maximum atomic E-state index is 6.05. The van der Waals surface area contributed by atoms with Crippen molar-refractivity contribution < 1.29 is 0 Å². The van der Waals surface area contributed by atoms with Gasteiger partial charge in [0, 0.05) is 18.1 Å². The van der Waals surface area contributed by atoms with Crippen LogP contribution in [0.4, 0.5) is 0 Å². The summed E-state index contributed by atoms with van der Waals surface area (Å²) < 4.78 is 0. The Labute approximate surface area is 113 Å². The van der Waals surface area contributed by atoms with Gasteiger partial charge in [0.2, 0.25) is 0 Å². The van der Waals surface area contributed by atoms with E-state index < -0.39 is 0 Å². The standard InChI is InChI=1S/C16H32N2/c1-3-12-18(15-8-4-13(2)5-9-15)16-10-6-14(17)7-11-16/h13-16H,3-12,17H2,1-2H3. The largest absolute Gasteiger partial charge is 0.328 e. The van der Waals surface area contributed by atoms with Crippen LogP contribution < -0.4 is 5.73 Å². The van der Waals surface area contributed by atoms with E-state index in [0.717, 1.165) is 18.0 Å². The Morgan fingerprint density at radius 2 is 1.39 bits per heavy atom. The molecule has 2 nitrogen and oxygen atoms in total. The van der Waals surface area contributed by atoms with Gasteiger partial charge in [-0.05, 0) is 70.3 Å². The van der Waals surface area contributed by atoms with E-state index in [1.54, 1.807) is 0 Å². The first kappa shape index (κ1) is 14.3. The minimum absolute atomic E-state index is 0.483. The van der Waals surface area contributed by atoms with Crippen molar-refractivity contribution in [3.63, 3.8) is 0 Å². The van der Waals surface area contributed by atoms with Crippen molar-refractivity contribution in [2.45, 2.75) is 89.8 Å². The van der Waals surface area contributed by atoms with Crippen LogP contribution in [0.5, 0.6) is 0 Å². The predicted octanol–water partition coefficient (Wildman–Crippen LogP) is 3.55. The molecule has 2 aliphatic rings. The molecule has 0 spiro atoms. The Balaban J connectivity index is 1.90. The predicted molar refractivity (Wildman–Crippen MR) is 78.6 cm³/mol. The average Bonchev–Trinajstić information content (AvgIpc) is 2.39.